The summed E-state index contributed by atoms with van der Waals surface area (Å²) in [4.78, 5) is 25.4. The van der Waals surface area contributed by atoms with Gasteiger partial charge in [0.05, 0.1) is 0 Å². The highest BCUT2D eigenvalue weighted by atomic mass is 32.2. The van der Waals surface area contributed by atoms with Gasteiger partial charge >= 0.3 is 0 Å². The largest absolute Gasteiger partial charge is 0.342 e. The summed E-state index contributed by atoms with van der Waals surface area (Å²) >= 11 is 0. The first kappa shape index (κ1) is 14.2. The maximum atomic E-state index is 12.3. The Morgan fingerprint density at radius 2 is 2.12 bits per heavy atom. The number of hydrogen-bond donors (Lipinski definition) is 1. The summed E-state index contributed by atoms with van der Waals surface area (Å²) in [7, 11) is -0.923. The molecule has 98 valence electrons. The van der Waals surface area contributed by atoms with Crippen molar-refractivity contribution in [2.45, 2.75) is 32.2 Å². The van der Waals surface area contributed by atoms with Crippen LogP contribution < -0.4 is 5.32 Å². The van der Waals surface area contributed by atoms with E-state index in [-0.39, 0.29) is 11.8 Å². The van der Waals surface area contributed by atoms with Gasteiger partial charge in [-0.1, -0.05) is 6.92 Å². The molecule has 1 saturated heterocycles. The summed E-state index contributed by atoms with van der Waals surface area (Å²) in [6.07, 6.45) is 2.49. The summed E-state index contributed by atoms with van der Waals surface area (Å²) in [6, 6.07) is 0. The van der Waals surface area contributed by atoms with Crippen LogP contribution in [0.1, 0.15) is 26.7 Å². The van der Waals surface area contributed by atoms with Gasteiger partial charge in [-0.05, 0) is 13.3 Å². The predicted molar refractivity (Wildman–Crippen MR) is 67.0 cm³/mol. The highest BCUT2D eigenvalue weighted by molar-refractivity contribution is 7.84. The zero-order valence-electron chi connectivity index (χ0n) is 10.6. The molecule has 0 aliphatic carbocycles. The first-order valence-corrected chi connectivity index (χ1v) is 7.52. The number of nitrogens with one attached hydrogen (secondary N) is 1. The maximum absolute atomic E-state index is 12.3. The highest BCUT2D eigenvalue weighted by Crippen LogP contribution is 2.17. The number of amides is 2. The molecule has 1 aliphatic rings. The average Bonchev–Trinajstić information content (AvgIpc) is 2.37. The second kappa shape index (κ2) is 5.62. The van der Waals surface area contributed by atoms with Crippen molar-refractivity contribution in [2.75, 3.05) is 25.1 Å². The third-order valence-corrected chi connectivity index (χ3v) is 3.90. The zero-order chi connectivity index (χ0) is 13.1. The van der Waals surface area contributed by atoms with Crippen LogP contribution in [0.3, 0.4) is 0 Å². The number of hydrogen-bond acceptors (Lipinski definition) is 3. The highest BCUT2D eigenvalue weighted by Gasteiger charge is 2.38. The van der Waals surface area contributed by atoms with Gasteiger partial charge in [-0.3, -0.25) is 13.8 Å². The molecule has 1 N–H and O–H groups in total. The Labute approximate surface area is 104 Å². The molecule has 1 fully saturated rings. The molecule has 5 nitrogen and oxygen atoms in total. The summed E-state index contributed by atoms with van der Waals surface area (Å²) in [6.45, 7) is 4.48. The molecule has 1 heterocycles. The van der Waals surface area contributed by atoms with E-state index in [1.165, 1.54) is 0 Å². The van der Waals surface area contributed by atoms with Gasteiger partial charge in [-0.15, -0.1) is 0 Å². The van der Waals surface area contributed by atoms with Gasteiger partial charge < -0.3 is 10.2 Å². The van der Waals surface area contributed by atoms with Crippen molar-refractivity contribution in [2.24, 2.45) is 0 Å². The Morgan fingerprint density at radius 1 is 1.47 bits per heavy atom. The van der Waals surface area contributed by atoms with E-state index >= 15 is 0 Å². The van der Waals surface area contributed by atoms with Crippen LogP contribution in [0.2, 0.25) is 0 Å². The predicted octanol–water partition coefficient (Wildman–Crippen LogP) is -0.118. The zero-order valence-corrected chi connectivity index (χ0v) is 11.4. The molecule has 0 saturated carbocycles. The molecular weight excluding hydrogens is 240 g/mol. The van der Waals surface area contributed by atoms with E-state index in [1.807, 2.05) is 6.92 Å². The molecule has 0 aromatic rings. The molecule has 0 aromatic carbocycles. The van der Waals surface area contributed by atoms with Crippen molar-refractivity contribution in [1.82, 2.24) is 10.2 Å². The van der Waals surface area contributed by atoms with Gasteiger partial charge in [0.1, 0.15) is 5.54 Å². The van der Waals surface area contributed by atoms with Gasteiger partial charge in [-0.2, -0.15) is 0 Å². The third-order valence-electron chi connectivity index (χ3n) is 3.14. The molecule has 1 rings (SSSR count). The number of rotatable bonds is 4. The number of carbonyl (C=O) groups is 2. The maximum Gasteiger partial charge on any atom is 0.248 e. The van der Waals surface area contributed by atoms with E-state index in [4.69, 9.17) is 0 Å². The van der Waals surface area contributed by atoms with Crippen molar-refractivity contribution >= 4 is 22.6 Å². The first-order valence-electron chi connectivity index (χ1n) is 5.79. The van der Waals surface area contributed by atoms with Crippen molar-refractivity contribution in [3.63, 3.8) is 0 Å². The van der Waals surface area contributed by atoms with E-state index in [1.54, 1.807) is 18.1 Å². The Hall–Kier alpha value is -0.910. The average molecular weight is 260 g/mol. The van der Waals surface area contributed by atoms with Crippen LogP contribution in [-0.4, -0.2) is 51.6 Å². The first-order chi connectivity index (χ1) is 7.89. The number of carbonyl (C=O) groups excluding carboxylic acids is 2. The molecule has 0 aromatic heterocycles. The molecule has 0 spiro atoms. The lowest BCUT2D eigenvalue weighted by Crippen LogP contribution is -2.55. The Bertz CT molecular complexity index is 346. The monoisotopic (exact) mass is 260 g/mol. The van der Waals surface area contributed by atoms with Crippen LogP contribution in [0.5, 0.6) is 0 Å². The van der Waals surface area contributed by atoms with E-state index in [0.717, 1.165) is 0 Å². The van der Waals surface area contributed by atoms with Crippen LogP contribution in [0, 0.1) is 0 Å². The summed E-state index contributed by atoms with van der Waals surface area (Å²) in [5.41, 5.74) is -0.817. The molecule has 1 aliphatic heterocycles. The van der Waals surface area contributed by atoms with Gasteiger partial charge in [0.25, 0.3) is 0 Å². The minimum atomic E-state index is -0.923. The molecule has 2 unspecified atom stereocenters. The quantitative estimate of drug-likeness (QED) is 0.766. The fraction of sp³-hybridized carbons (Fsp3) is 0.818. The molecule has 6 heteroatoms. The van der Waals surface area contributed by atoms with Crippen molar-refractivity contribution < 1.29 is 13.8 Å². The minimum Gasteiger partial charge on any atom is -0.342 e. The van der Waals surface area contributed by atoms with Crippen molar-refractivity contribution in [3.05, 3.63) is 0 Å². The molecule has 2 atom stereocenters. The summed E-state index contributed by atoms with van der Waals surface area (Å²) in [5, 5.41) is 2.77. The molecule has 2 amide bonds. The standard InChI is InChI=1S/C11H20N2O3S/c1-4-11(2)10(15)13(7-8-17(3)16)6-5-9(14)12-11/h4-8H2,1-3H3,(H,12,14). The van der Waals surface area contributed by atoms with Crippen LogP contribution in [0.4, 0.5) is 0 Å². The lowest BCUT2D eigenvalue weighted by molar-refractivity contribution is -0.138. The Morgan fingerprint density at radius 3 is 2.65 bits per heavy atom. The van der Waals surface area contributed by atoms with Crippen LogP contribution in [-0.2, 0) is 20.4 Å². The molecule has 17 heavy (non-hydrogen) atoms. The Balaban J connectivity index is 2.80. The topological polar surface area (TPSA) is 66.5 Å². The van der Waals surface area contributed by atoms with Gasteiger partial charge in [0, 0.05) is 42.3 Å². The third kappa shape index (κ3) is 3.52. The van der Waals surface area contributed by atoms with E-state index in [0.29, 0.717) is 31.7 Å². The van der Waals surface area contributed by atoms with E-state index < -0.39 is 16.3 Å². The van der Waals surface area contributed by atoms with Crippen LogP contribution in [0.25, 0.3) is 0 Å². The summed E-state index contributed by atoms with van der Waals surface area (Å²) in [5.74, 6) is 0.291. The van der Waals surface area contributed by atoms with Crippen LogP contribution in [0.15, 0.2) is 0 Å². The molecule has 0 bridgehead atoms. The fourth-order valence-corrected chi connectivity index (χ4v) is 2.28. The minimum absolute atomic E-state index is 0.0729. The van der Waals surface area contributed by atoms with Gasteiger partial charge in [0.2, 0.25) is 11.8 Å². The van der Waals surface area contributed by atoms with Gasteiger partial charge in [0.15, 0.2) is 0 Å². The van der Waals surface area contributed by atoms with Crippen LogP contribution >= 0.6 is 0 Å². The second-order valence-electron chi connectivity index (χ2n) is 4.55. The second-order valence-corrected chi connectivity index (χ2v) is 6.11. The van der Waals surface area contributed by atoms with Crippen molar-refractivity contribution in [1.29, 1.82) is 0 Å². The normalized spacial score (nSPS) is 27.6. The van der Waals surface area contributed by atoms with E-state index in [9.17, 15) is 13.8 Å². The van der Waals surface area contributed by atoms with Gasteiger partial charge in [-0.25, -0.2) is 0 Å². The lowest BCUT2D eigenvalue weighted by Gasteiger charge is -2.31. The fourth-order valence-electron chi connectivity index (χ4n) is 1.80. The SMILES string of the molecule is CCC1(C)NC(=O)CCN(CCS(C)=O)C1=O. The molecular formula is C11H20N2O3S. The summed E-state index contributed by atoms with van der Waals surface area (Å²) < 4.78 is 11.1. The smallest absolute Gasteiger partial charge is 0.248 e. The Kier molecular flexibility index (Phi) is 4.68. The molecule has 0 radical (unpaired) electrons. The van der Waals surface area contributed by atoms with E-state index in [2.05, 4.69) is 5.32 Å². The number of nitrogens with zero attached hydrogens (tertiary/aromatic N) is 1. The van der Waals surface area contributed by atoms with Crippen molar-refractivity contribution in [3.8, 4) is 0 Å². The lowest BCUT2D eigenvalue weighted by atomic mass is 9.97.